The SMILES string of the molecule is CCN1C(=O)/C(=C\c2ccc(C(C)C)cc2)SC1=Nc1cccc(C(=O)O)c1. The van der Waals surface area contributed by atoms with Gasteiger partial charge >= 0.3 is 5.97 Å². The molecule has 1 heterocycles. The highest BCUT2D eigenvalue weighted by Gasteiger charge is 2.32. The summed E-state index contributed by atoms with van der Waals surface area (Å²) in [7, 11) is 0. The number of carbonyl (C=O) groups excluding carboxylic acids is 1. The lowest BCUT2D eigenvalue weighted by molar-refractivity contribution is -0.122. The van der Waals surface area contributed by atoms with Gasteiger partial charge in [0.15, 0.2) is 5.17 Å². The third kappa shape index (κ3) is 4.34. The zero-order chi connectivity index (χ0) is 20.3. The number of aliphatic imine (C=N–C) groups is 1. The molecule has 6 heteroatoms. The Bertz CT molecular complexity index is 962. The van der Waals surface area contributed by atoms with Gasteiger partial charge < -0.3 is 5.11 Å². The first-order valence-corrected chi connectivity index (χ1v) is 9.94. The number of thioether (sulfide) groups is 1. The first-order chi connectivity index (χ1) is 13.4. The lowest BCUT2D eigenvalue weighted by Gasteiger charge is -2.12. The number of carbonyl (C=O) groups is 2. The average molecular weight is 394 g/mol. The lowest BCUT2D eigenvalue weighted by atomic mass is 10.0. The number of carboxylic acid groups (broad SMARTS) is 1. The molecule has 1 aliphatic rings. The molecule has 0 aromatic heterocycles. The molecular formula is C22H22N2O3S. The van der Waals surface area contributed by atoms with E-state index in [2.05, 4.69) is 31.0 Å². The van der Waals surface area contributed by atoms with Crippen molar-refractivity contribution in [3.05, 3.63) is 70.1 Å². The summed E-state index contributed by atoms with van der Waals surface area (Å²) in [6.45, 7) is 6.67. The smallest absolute Gasteiger partial charge is 0.335 e. The Labute approximate surface area is 168 Å². The summed E-state index contributed by atoms with van der Waals surface area (Å²) in [6, 6.07) is 14.6. The third-order valence-electron chi connectivity index (χ3n) is 4.42. The Morgan fingerprint density at radius 3 is 2.54 bits per heavy atom. The molecule has 0 radical (unpaired) electrons. The molecule has 1 amide bonds. The van der Waals surface area contributed by atoms with Crippen molar-refractivity contribution in [1.29, 1.82) is 0 Å². The number of carboxylic acids is 1. The predicted octanol–water partition coefficient (Wildman–Crippen LogP) is 5.13. The van der Waals surface area contributed by atoms with Crippen LogP contribution in [0.1, 0.15) is 48.2 Å². The molecule has 2 aromatic rings. The van der Waals surface area contributed by atoms with Crippen molar-refractivity contribution in [1.82, 2.24) is 4.90 Å². The van der Waals surface area contributed by atoms with Gasteiger partial charge in [0.25, 0.3) is 5.91 Å². The summed E-state index contributed by atoms with van der Waals surface area (Å²) < 4.78 is 0. The number of benzene rings is 2. The number of hydrogen-bond donors (Lipinski definition) is 1. The fraction of sp³-hybridized carbons (Fsp3) is 0.227. The molecule has 0 aliphatic carbocycles. The van der Waals surface area contributed by atoms with Gasteiger partial charge in [0.2, 0.25) is 0 Å². The number of rotatable bonds is 5. The van der Waals surface area contributed by atoms with Crippen LogP contribution in [0.2, 0.25) is 0 Å². The Morgan fingerprint density at radius 2 is 1.93 bits per heavy atom. The minimum absolute atomic E-state index is 0.0893. The summed E-state index contributed by atoms with van der Waals surface area (Å²) in [5.74, 6) is -0.636. The van der Waals surface area contributed by atoms with Gasteiger partial charge in [0.1, 0.15) is 0 Å². The van der Waals surface area contributed by atoms with Gasteiger partial charge in [0.05, 0.1) is 16.2 Å². The second kappa shape index (κ2) is 8.44. The van der Waals surface area contributed by atoms with Gasteiger partial charge in [-0.3, -0.25) is 9.69 Å². The molecule has 28 heavy (non-hydrogen) atoms. The van der Waals surface area contributed by atoms with Gasteiger partial charge in [-0.05, 0) is 60.0 Å². The second-order valence-electron chi connectivity index (χ2n) is 6.73. The minimum Gasteiger partial charge on any atom is -0.478 e. The maximum absolute atomic E-state index is 12.8. The van der Waals surface area contributed by atoms with E-state index in [0.717, 1.165) is 5.56 Å². The zero-order valence-electron chi connectivity index (χ0n) is 16.0. The summed E-state index contributed by atoms with van der Waals surface area (Å²) in [5, 5.41) is 9.70. The van der Waals surface area contributed by atoms with E-state index in [0.29, 0.717) is 28.2 Å². The van der Waals surface area contributed by atoms with Gasteiger partial charge in [-0.15, -0.1) is 0 Å². The van der Waals surface area contributed by atoms with Gasteiger partial charge in [-0.25, -0.2) is 9.79 Å². The molecule has 0 saturated carbocycles. The topological polar surface area (TPSA) is 70.0 Å². The molecule has 0 unspecified atom stereocenters. The van der Waals surface area contributed by atoms with Crippen molar-refractivity contribution >= 4 is 40.6 Å². The number of amides is 1. The number of aromatic carboxylic acids is 1. The van der Waals surface area contributed by atoms with E-state index >= 15 is 0 Å². The van der Waals surface area contributed by atoms with E-state index in [-0.39, 0.29) is 11.5 Å². The average Bonchev–Trinajstić information content (AvgIpc) is 2.96. The quantitative estimate of drug-likeness (QED) is 0.714. The second-order valence-corrected chi connectivity index (χ2v) is 7.74. The van der Waals surface area contributed by atoms with Crippen molar-refractivity contribution in [3.63, 3.8) is 0 Å². The predicted molar refractivity (Wildman–Crippen MR) is 114 cm³/mol. The first-order valence-electron chi connectivity index (χ1n) is 9.12. The molecule has 3 rings (SSSR count). The number of hydrogen-bond acceptors (Lipinski definition) is 4. The van der Waals surface area contributed by atoms with Crippen LogP contribution in [0.5, 0.6) is 0 Å². The molecule has 2 aromatic carbocycles. The van der Waals surface area contributed by atoms with Crippen LogP contribution in [0.4, 0.5) is 5.69 Å². The normalized spacial score (nSPS) is 17.1. The van der Waals surface area contributed by atoms with Crippen molar-refractivity contribution in [2.45, 2.75) is 26.7 Å². The molecular weight excluding hydrogens is 372 g/mol. The molecule has 0 atom stereocenters. The van der Waals surface area contributed by atoms with E-state index in [9.17, 15) is 9.59 Å². The van der Waals surface area contributed by atoms with Crippen LogP contribution in [-0.4, -0.2) is 33.6 Å². The molecule has 5 nitrogen and oxygen atoms in total. The third-order valence-corrected chi connectivity index (χ3v) is 5.43. The van der Waals surface area contributed by atoms with E-state index < -0.39 is 5.97 Å². The highest BCUT2D eigenvalue weighted by Crippen LogP contribution is 2.34. The lowest BCUT2D eigenvalue weighted by Crippen LogP contribution is -2.28. The van der Waals surface area contributed by atoms with E-state index in [1.54, 1.807) is 17.0 Å². The van der Waals surface area contributed by atoms with E-state index in [1.165, 1.54) is 29.5 Å². The molecule has 1 aliphatic heterocycles. The highest BCUT2D eigenvalue weighted by molar-refractivity contribution is 8.18. The molecule has 1 saturated heterocycles. The van der Waals surface area contributed by atoms with Crippen molar-refractivity contribution in [2.75, 3.05) is 6.54 Å². The maximum atomic E-state index is 12.8. The van der Waals surface area contributed by atoms with Crippen molar-refractivity contribution in [3.8, 4) is 0 Å². The minimum atomic E-state index is -1.00. The van der Waals surface area contributed by atoms with Gasteiger partial charge in [0, 0.05) is 6.54 Å². The number of amidine groups is 1. The molecule has 0 bridgehead atoms. The molecule has 0 spiro atoms. The summed E-state index contributed by atoms with van der Waals surface area (Å²) >= 11 is 1.31. The zero-order valence-corrected chi connectivity index (χ0v) is 16.9. The van der Waals surface area contributed by atoms with Crippen LogP contribution >= 0.6 is 11.8 Å². The summed E-state index contributed by atoms with van der Waals surface area (Å²) in [4.78, 5) is 30.6. The van der Waals surface area contributed by atoms with E-state index in [1.807, 2.05) is 25.1 Å². The molecule has 1 fully saturated rings. The summed E-state index contributed by atoms with van der Waals surface area (Å²) in [5.41, 5.74) is 2.89. The van der Waals surface area contributed by atoms with Crippen LogP contribution < -0.4 is 0 Å². The standard InChI is InChI=1S/C22H22N2O3S/c1-4-24-20(25)19(12-15-8-10-16(11-9-15)14(2)3)28-22(24)23-18-7-5-6-17(13-18)21(26)27/h5-14H,4H2,1-3H3,(H,26,27)/b19-12+,23-22?. The molecule has 144 valence electrons. The highest BCUT2D eigenvalue weighted by atomic mass is 32.2. The fourth-order valence-electron chi connectivity index (χ4n) is 2.82. The number of likely N-dealkylation sites (N-methyl/N-ethyl adjacent to an activating group) is 1. The van der Waals surface area contributed by atoms with Crippen LogP contribution in [-0.2, 0) is 4.79 Å². The monoisotopic (exact) mass is 394 g/mol. The summed E-state index contributed by atoms with van der Waals surface area (Å²) in [6.07, 6.45) is 1.87. The molecule has 1 N–H and O–H groups in total. The van der Waals surface area contributed by atoms with Gasteiger partial charge in [-0.2, -0.15) is 0 Å². The van der Waals surface area contributed by atoms with Crippen LogP contribution in [0.3, 0.4) is 0 Å². The Morgan fingerprint density at radius 1 is 1.21 bits per heavy atom. The first kappa shape index (κ1) is 19.9. The van der Waals surface area contributed by atoms with Crippen molar-refractivity contribution in [2.24, 2.45) is 4.99 Å². The van der Waals surface area contributed by atoms with E-state index in [4.69, 9.17) is 5.11 Å². The Balaban J connectivity index is 1.90. The van der Waals surface area contributed by atoms with Crippen molar-refractivity contribution < 1.29 is 14.7 Å². The Hall–Kier alpha value is -2.86. The van der Waals surface area contributed by atoms with Crippen LogP contribution in [0, 0.1) is 0 Å². The fourth-order valence-corrected chi connectivity index (χ4v) is 3.88. The van der Waals surface area contributed by atoms with Crippen LogP contribution in [0.25, 0.3) is 6.08 Å². The number of nitrogens with zero attached hydrogens (tertiary/aromatic N) is 2. The van der Waals surface area contributed by atoms with Crippen LogP contribution in [0.15, 0.2) is 58.4 Å². The largest absolute Gasteiger partial charge is 0.478 e. The Kier molecular flexibility index (Phi) is 5.99. The van der Waals surface area contributed by atoms with Gasteiger partial charge in [-0.1, -0.05) is 44.2 Å². The maximum Gasteiger partial charge on any atom is 0.335 e.